The zero-order valence-corrected chi connectivity index (χ0v) is 18.1. The number of hydrogen-bond donors (Lipinski definition) is 1. The number of nitrogens with zero attached hydrogens (tertiary/aromatic N) is 4. The van der Waals surface area contributed by atoms with Crippen LogP contribution in [0.3, 0.4) is 0 Å². The molecule has 33 heavy (non-hydrogen) atoms. The van der Waals surface area contributed by atoms with E-state index in [4.69, 9.17) is 0 Å². The predicted octanol–water partition coefficient (Wildman–Crippen LogP) is 4.83. The average Bonchev–Trinajstić information content (AvgIpc) is 3.25. The van der Waals surface area contributed by atoms with Crippen molar-refractivity contribution in [2.75, 3.05) is 0 Å². The van der Waals surface area contributed by atoms with E-state index in [0.717, 1.165) is 28.1 Å². The van der Waals surface area contributed by atoms with E-state index in [1.54, 1.807) is 22.9 Å². The van der Waals surface area contributed by atoms with Gasteiger partial charge in [0.1, 0.15) is 0 Å². The van der Waals surface area contributed by atoms with Gasteiger partial charge in [-0.05, 0) is 49.2 Å². The molecule has 0 fully saturated rings. The first-order valence-electron chi connectivity index (χ1n) is 10.2. The van der Waals surface area contributed by atoms with E-state index < -0.39 is 10.8 Å². The van der Waals surface area contributed by atoms with Crippen molar-refractivity contribution in [3.05, 3.63) is 111 Å². The lowest BCUT2D eigenvalue weighted by molar-refractivity contribution is -0.384. The van der Waals surface area contributed by atoms with Crippen molar-refractivity contribution in [1.82, 2.24) is 15.2 Å². The molecule has 0 aliphatic carbocycles. The molecule has 164 valence electrons. The van der Waals surface area contributed by atoms with Crippen LogP contribution in [-0.2, 0) is 0 Å². The number of aryl methyl sites for hydroxylation is 2. The minimum atomic E-state index is -0.473. The lowest BCUT2D eigenvalue weighted by Crippen LogP contribution is -2.18. The Morgan fingerprint density at radius 3 is 2.39 bits per heavy atom. The van der Waals surface area contributed by atoms with E-state index in [9.17, 15) is 14.9 Å². The molecule has 0 unspecified atom stereocenters. The fourth-order valence-electron chi connectivity index (χ4n) is 3.31. The number of nitrogens with one attached hydrogen (secondary N) is 1. The number of hydrazone groups is 1. The van der Waals surface area contributed by atoms with Crippen molar-refractivity contribution in [3.8, 4) is 16.9 Å². The van der Waals surface area contributed by atoms with E-state index in [0.29, 0.717) is 5.56 Å². The van der Waals surface area contributed by atoms with Crippen LogP contribution >= 0.6 is 0 Å². The van der Waals surface area contributed by atoms with Crippen LogP contribution in [0.5, 0.6) is 0 Å². The lowest BCUT2D eigenvalue weighted by Gasteiger charge is -2.10. The first-order chi connectivity index (χ1) is 15.9. The van der Waals surface area contributed by atoms with E-state index >= 15 is 0 Å². The summed E-state index contributed by atoms with van der Waals surface area (Å²) in [6, 6.07) is 23.4. The normalized spacial score (nSPS) is 11.0. The van der Waals surface area contributed by atoms with Gasteiger partial charge >= 0.3 is 0 Å². The molecular formula is C25H21N5O3. The van der Waals surface area contributed by atoms with Crippen molar-refractivity contribution in [2.24, 2.45) is 5.10 Å². The number of para-hydroxylation sites is 1. The van der Waals surface area contributed by atoms with Gasteiger partial charge in [-0.25, -0.2) is 10.1 Å². The van der Waals surface area contributed by atoms with Crippen molar-refractivity contribution in [3.63, 3.8) is 0 Å². The van der Waals surface area contributed by atoms with Crippen molar-refractivity contribution in [2.45, 2.75) is 13.8 Å². The summed E-state index contributed by atoms with van der Waals surface area (Å²) in [5, 5.41) is 19.3. The highest BCUT2D eigenvalue weighted by Crippen LogP contribution is 2.26. The summed E-state index contributed by atoms with van der Waals surface area (Å²) in [5.74, 6) is -0.464. The van der Waals surface area contributed by atoms with Gasteiger partial charge < -0.3 is 0 Å². The third-order valence-electron chi connectivity index (χ3n) is 5.12. The highest BCUT2D eigenvalue weighted by molar-refractivity contribution is 5.94. The summed E-state index contributed by atoms with van der Waals surface area (Å²) < 4.78 is 1.76. The zero-order valence-electron chi connectivity index (χ0n) is 18.1. The number of benzene rings is 3. The third kappa shape index (κ3) is 4.85. The number of non-ortho nitro benzene ring substituents is 1. The molecule has 4 rings (SSSR count). The van der Waals surface area contributed by atoms with Crippen LogP contribution in [0.15, 0.2) is 84.0 Å². The van der Waals surface area contributed by atoms with Crippen LogP contribution in [0.25, 0.3) is 16.9 Å². The van der Waals surface area contributed by atoms with Crippen molar-refractivity contribution >= 4 is 17.8 Å². The molecule has 0 saturated heterocycles. The largest absolute Gasteiger partial charge is 0.291 e. The maximum Gasteiger partial charge on any atom is 0.291 e. The summed E-state index contributed by atoms with van der Waals surface area (Å²) in [6.45, 7) is 4.01. The summed E-state index contributed by atoms with van der Waals surface area (Å²) in [5.41, 5.74) is 8.06. The molecule has 0 bridgehead atoms. The molecule has 0 spiro atoms. The predicted molar refractivity (Wildman–Crippen MR) is 127 cm³/mol. The summed E-state index contributed by atoms with van der Waals surface area (Å²) >= 11 is 0. The molecule has 1 heterocycles. The standard InChI is InChI=1S/C25H21N5O3/c1-17-7-11-20(12-8-17)24-15-22(28-29(24)23-6-4-3-5-18(23)2)25(31)27-26-16-19-9-13-21(14-10-19)30(32)33/h3-16H,1-2H3,(H,27,31)/b26-16-. The first-order valence-corrected chi connectivity index (χ1v) is 10.2. The zero-order chi connectivity index (χ0) is 23.4. The lowest BCUT2D eigenvalue weighted by atomic mass is 10.1. The van der Waals surface area contributed by atoms with Crippen LogP contribution in [0, 0.1) is 24.0 Å². The number of carbonyl (C=O) groups excluding carboxylic acids is 1. The number of amides is 1. The van der Waals surface area contributed by atoms with E-state index in [-0.39, 0.29) is 11.4 Å². The number of nitro groups is 1. The van der Waals surface area contributed by atoms with Crippen LogP contribution in [-0.4, -0.2) is 26.8 Å². The smallest absolute Gasteiger partial charge is 0.265 e. The van der Waals surface area contributed by atoms with Crippen LogP contribution < -0.4 is 5.43 Å². The maximum atomic E-state index is 12.8. The van der Waals surface area contributed by atoms with E-state index in [1.165, 1.54) is 18.3 Å². The van der Waals surface area contributed by atoms with E-state index in [1.807, 2.05) is 62.4 Å². The molecule has 8 nitrogen and oxygen atoms in total. The fraction of sp³-hybridized carbons (Fsp3) is 0.0800. The summed E-state index contributed by atoms with van der Waals surface area (Å²) in [4.78, 5) is 23.0. The SMILES string of the molecule is Cc1ccc(-c2cc(C(=O)N/N=C\c3ccc([N+](=O)[O-])cc3)nn2-c2ccccc2C)cc1. The second kappa shape index (κ2) is 9.27. The number of rotatable bonds is 6. The van der Waals surface area contributed by atoms with Crippen LogP contribution in [0.2, 0.25) is 0 Å². The maximum absolute atomic E-state index is 12.8. The van der Waals surface area contributed by atoms with Gasteiger partial charge in [-0.15, -0.1) is 0 Å². The summed E-state index contributed by atoms with van der Waals surface area (Å²) in [6.07, 6.45) is 1.42. The highest BCUT2D eigenvalue weighted by atomic mass is 16.6. The molecule has 0 radical (unpaired) electrons. The van der Waals surface area contributed by atoms with Gasteiger partial charge in [0.2, 0.25) is 0 Å². The number of carbonyl (C=O) groups is 1. The Labute approximate surface area is 190 Å². The second-order valence-electron chi connectivity index (χ2n) is 7.53. The number of aromatic nitrogens is 2. The quantitative estimate of drug-likeness (QED) is 0.264. The van der Waals surface area contributed by atoms with Crippen molar-refractivity contribution < 1.29 is 9.72 Å². The topological polar surface area (TPSA) is 102 Å². The molecule has 0 saturated carbocycles. The molecule has 8 heteroatoms. The molecule has 3 aromatic carbocycles. The van der Waals surface area contributed by atoms with Crippen molar-refractivity contribution in [1.29, 1.82) is 0 Å². The molecule has 1 amide bonds. The molecule has 4 aromatic rings. The van der Waals surface area contributed by atoms with Crippen LogP contribution in [0.1, 0.15) is 27.2 Å². The Morgan fingerprint density at radius 1 is 1.03 bits per heavy atom. The van der Waals surface area contributed by atoms with Gasteiger partial charge in [-0.2, -0.15) is 10.2 Å². The highest BCUT2D eigenvalue weighted by Gasteiger charge is 2.17. The van der Waals surface area contributed by atoms with Gasteiger partial charge in [0, 0.05) is 17.7 Å². The molecular weight excluding hydrogens is 418 g/mol. The minimum Gasteiger partial charge on any atom is -0.265 e. The number of hydrogen-bond acceptors (Lipinski definition) is 5. The van der Waals surface area contributed by atoms with Gasteiger partial charge in [0.05, 0.1) is 22.5 Å². The fourth-order valence-corrected chi connectivity index (χ4v) is 3.31. The second-order valence-corrected chi connectivity index (χ2v) is 7.53. The Bertz CT molecular complexity index is 1340. The van der Waals surface area contributed by atoms with Gasteiger partial charge in [0.15, 0.2) is 5.69 Å². The number of nitro benzene ring substituents is 1. The molecule has 0 aliphatic rings. The van der Waals surface area contributed by atoms with Crippen LogP contribution in [0.4, 0.5) is 5.69 Å². The molecule has 1 N–H and O–H groups in total. The Kier molecular flexibility index (Phi) is 6.08. The first kappa shape index (κ1) is 21.6. The molecule has 0 aliphatic heterocycles. The Balaban J connectivity index is 1.61. The van der Waals surface area contributed by atoms with Gasteiger partial charge in [-0.3, -0.25) is 14.9 Å². The Hall–Kier alpha value is -4.59. The minimum absolute atomic E-state index is 0.0124. The van der Waals surface area contributed by atoms with Gasteiger partial charge in [-0.1, -0.05) is 48.0 Å². The van der Waals surface area contributed by atoms with Gasteiger partial charge in [0.25, 0.3) is 11.6 Å². The monoisotopic (exact) mass is 439 g/mol. The summed E-state index contributed by atoms with van der Waals surface area (Å²) in [7, 11) is 0. The molecule has 1 aromatic heterocycles. The molecule has 0 atom stereocenters. The Morgan fingerprint density at radius 2 is 1.73 bits per heavy atom. The third-order valence-corrected chi connectivity index (χ3v) is 5.12. The average molecular weight is 439 g/mol. The van der Waals surface area contributed by atoms with E-state index in [2.05, 4.69) is 15.6 Å².